The molecule has 1 fully saturated rings. The van der Waals surface area contributed by atoms with Crippen molar-refractivity contribution >= 4 is 22.7 Å². The van der Waals surface area contributed by atoms with E-state index in [4.69, 9.17) is 0 Å². The highest BCUT2D eigenvalue weighted by atomic mass is 16.2. The number of para-hydroxylation sites is 1. The van der Waals surface area contributed by atoms with E-state index in [-0.39, 0.29) is 11.8 Å². The molecule has 2 aromatic rings. The second-order valence-corrected chi connectivity index (χ2v) is 8.23. The molecule has 0 bridgehead atoms. The summed E-state index contributed by atoms with van der Waals surface area (Å²) in [6.45, 7) is 3.06. The van der Waals surface area contributed by atoms with Gasteiger partial charge in [0.05, 0.1) is 0 Å². The zero-order valence-electron chi connectivity index (χ0n) is 17.7. The number of nitrogens with one attached hydrogen (secondary N) is 3. The lowest BCUT2D eigenvalue weighted by Gasteiger charge is -2.31. The Bertz CT molecular complexity index is 810. The number of amides is 2. The number of fused-ring (bicyclic) bond motifs is 1. The number of aromatic amines is 1. The maximum atomic E-state index is 12.7. The van der Waals surface area contributed by atoms with Crippen LogP contribution in [0.5, 0.6) is 0 Å². The van der Waals surface area contributed by atoms with Crippen LogP contribution in [-0.4, -0.2) is 53.9 Å². The van der Waals surface area contributed by atoms with Gasteiger partial charge in [0.1, 0.15) is 6.04 Å². The van der Waals surface area contributed by atoms with Crippen LogP contribution < -0.4 is 10.6 Å². The third-order valence-corrected chi connectivity index (χ3v) is 5.98. The van der Waals surface area contributed by atoms with Gasteiger partial charge in [-0.2, -0.15) is 0 Å². The fraction of sp³-hybridized carbons (Fsp3) is 0.565. The number of carbonyl (C=O) groups is 2. The second-order valence-electron chi connectivity index (χ2n) is 8.23. The van der Waals surface area contributed by atoms with Gasteiger partial charge in [0.15, 0.2) is 0 Å². The van der Waals surface area contributed by atoms with Crippen LogP contribution in [0.4, 0.5) is 0 Å². The highest BCUT2D eigenvalue weighted by Gasteiger charge is 2.21. The fourth-order valence-corrected chi connectivity index (χ4v) is 4.34. The van der Waals surface area contributed by atoms with Gasteiger partial charge in [0, 0.05) is 43.0 Å². The van der Waals surface area contributed by atoms with E-state index < -0.39 is 6.04 Å². The van der Waals surface area contributed by atoms with Crippen LogP contribution in [0.2, 0.25) is 0 Å². The van der Waals surface area contributed by atoms with Crippen LogP contribution in [0, 0.1) is 0 Å². The van der Waals surface area contributed by atoms with Crippen molar-refractivity contribution in [2.45, 2.75) is 64.0 Å². The molecule has 1 atom stereocenters. The number of rotatable bonds is 9. The highest BCUT2D eigenvalue weighted by Crippen LogP contribution is 2.21. The van der Waals surface area contributed by atoms with Gasteiger partial charge in [0.25, 0.3) is 0 Å². The number of hydrogen-bond acceptors (Lipinski definition) is 3. The Morgan fingerprint density at radius 1 is 1.21 bits per heavy atom. The monoisotopic (exact) mass is 398 g/mol. The summed E-state index contributed by atoms with van der Waals surface area (Å²) in [5, 5.41) is 6.91. The Hall–Kier alpha value is -2.34. The van der Waals surface area contributed by atoms with Gasteiger partial charge in [-0.3, -0.25) is 9.59 Å². The first-order chi connectivity index (χ1) is 14.0. The number of aromatic nitrogens is 1. The number of H-pyrrole nitrogens is 1. The summed E-state index contributed by atoms with van der Waals surface area (Å²) in [6, 6.07) is 8.12. The molecule has 1 unspecified atom stereocenters. The Balaban J connectivity index is 1.50. The molecule has 0 aliphatic heterocycles. The summed E-state index contributed by atoms with van der Waals surface area (Å²) in [5.41, 5.74) is 2.07. The van der Waals surface area contributed by atoms with Crippen LogP contribution >= 0.6 is 0 Å². The molecule has 1 aliphatic rings. The van der Waals surface area contributed by atoms with Gasteiger partial charge in [-0.1, -0.05) is 37.5 Å². The van der Waals surface area contributed by atoms with Gasteiger partial charge in [-0.05, 0) is 44.5 Å². The normalized spacial score (nSPS) is 16.1. The first-order valence-electron chi connectivity index (χ1n) is 10.8. The van der Waals surface area contributed by atoms with Crippen LogP contribution in [0.3, 0.4) is 0 Å². The lowest BCUT2D eigenvalue weighted by Crippen LogP contribution is -2.47. The van der Waals surface area contributed by atoms with Crippen molar-refractivity contribution in [3.05, 3.63) is 36.0 Å². The molecule has 0 saturated heterocycles. The van der Waals surface area contributed by atoms with Crippen molar-refractivity contribution in [2.24, 2.45) is 0 Å². The lowest BCUT2D eigenvalue weighted by molar-refractivity contribution is -0.128. The minimum atomic E-state index is -0.567. The average molecular weight is 399 g/mol. The number of carbonyl (C=O) groups excluding carboxylic acids is 2. The van der Waals surface area contributed by atoms with Crippen molar-refractivity contribution in [3.8, 4) is 0 Å². The summed E-state index contributed by atoms with van der Waals surface area (Å²) >= 11 is 0. The van der Waals surface area contributed by atoms with E-state index in [1.807, 2.05) is 30.5 Å². The molecule has 1 aromatic carbocycles. The molecular weight excluding hydrogens is 364 g/mol. The summed E-state index contributed by atoms with van der Waals surface area (Å²) in [4.78, 5) is 30.0. The molecule has 3 N–H and O–H groups in total. The molecule has 1 saturated carbocycles. The molecule has 1 aromatic heterocycles. The zero-order valence-corrected chi connectivity index (χ0v) is 17.7. The quantitative estimate of drug-likeness (QED) is 0.568. The lowest BCUT2D eigenvalue weighted by atomic mass is 9.94. The van der Waals surface area contributed by atoms with Crippen molar-refractivity contribution in [1.29, 1.82) is 0 Å². The molecule has 2 amide bonds. The molecule has 6 nitrogen and oxygen atoms in total. The standard InChI is InChI=1S/C23H34N4O2/c1-17(28)26-22(15-18-16-25-21-12-7-6-11-20(18)21)23(29)24-13-8-14-27(2)19-9-4-3-5-10-19/h6-7,11-12,16,19,22,25H,3-5,8-10,13-15H2,1-2H3,(H,24,29)(H,26,28). The Morgan fingerprint density at radius 3 is 2.72 bits per heavy atom. The molecule has 0 spiro atoms. The van der Waals surface area contributed by atoms with E-state index in [0.29, 0.717) is 19.0 Å². The molecule has 29 heavy (non-hydrogen) atoms. The summed E-state index contributed by atoms with van der Waals surface area (Å²) in [6.07, 6.45) is 9.91. The third-order valence-electron chi connectivity index (χ3n) is 5.98. The maximum absolute atomic E-state index is 12.7. The van der Waals surface area contributed by atoms with E-state index >= 15 is 0 Å². The Labute approximate surface area is 173 Å². The van der Waals surface area contributed by atoms with Gasteiger partial charge in [-0.15, -0.1) is 0 Å². The van der Waals surface area contributed by atoms with Gasteiger partial charge in [0.2, 0.25) is 11.8 Å². The minimum absolute atomic E-state index is 0.120. The molecular formula is C23H34N4O2. The molecule has 3 rings (SSSR count). The number of hydrogen-bond donors (Lipinski definition) is 3. The zero-order chi connectivity index (χ0) is 20.6. The van der Waals surface area contributed by atoms with Gasteiger partial charge in [-0.25, -0.2) is 0 Å². The summed E-state index contributed by atoms with van der Waals surface area (Å²) in [7, 11) is 2.19. The minimum Gasteiger partial charge on any atom is -0.361 e. The van der Waals surface area contributed by atoms with Gasteiger partial charge < -0.3 is 20.5 Å². The van der Waals surface area contributed by atoms with Crippen molar-refractivity contribution in [1.82, 2.24) is 20.5 Å². The Morgan fingerprint density at radius 2 is 1.97 bits per heavy atom. The van der Waals surface area contributed by atoms with Crippen molar-refractivity contribution in [3.63, 3.8) is 0 Å². The summed E-state index contributed by atoms with van der Waals surface area (Å²) < 4.78 is 0. The molecule has 1 heterocycles. The van der Waals surface area contributed by atoms with E-state index in [1.165, 1.54) is 39.0 Å². The van der Waals surface area contributed by atoms with Crippen molar-refractivity contribution < 1.29 is 9.59 Å². The Kier molecular flexibility index (Phi) is 7.69. The fourth-order valence-electron chi connectivity index (χ4n) is 4.34. The van der Waals surface area contributed by atoms with E-state index in [0.717, 1.165) is 29.4 Å². The predicted octanol–water partition coefficient (Wildman–Crippen LogP) is 2.99. The van der Waals surface area contributed by atoms with Crippen molar-refractivity contribution in [2.75, 3.05) is 20.1 Å². The van der Waals surface area contributed by atoms with Crippen LogP contribution in [0.1, 0.15) is 51.0 Å². The number of nitrogens with zero attached hydrogens (tertiary/aromatic N) is 1. The topological polar surface area (TPSA) is 77.2 Å². The molecule has 0 radical (unpaired) electrons. The average Bonchev–Trinajstić information content (AvgIpc) is 3.13. The molecule has 6 heteroatoms. The SMILES string of the molecule is CC(=O)NC(Cc1c[nH]c2ccccc12)C(=O)NCCCN(C)C1CCCCC1. The van der Waals surface area contributed by atoms with Gasteiger partial charge >= 0.3 is 0 Å². The molecule has 158 valence electrons. The first-order valence-corrected chi connectivity index (χ1v) is 10.8. The van der Waals surface area contributed by atoms with Crippen LogP contribution in [0.15, 0.2) is 30.5 Å². The predicted molar refractivity (Wildman–Crippen MR) is 117 cm³/mol. The van der Waals surface area contributed by atoms with E-state index in [9.17, 15) is 9.59 Å². The second kappa shape index (κ2) is 10.4. The smallest absolute Gasteiger partial charge is 0.242 e. The molecule has 1 aliphatic carbocycles. The van der Waals surface area contributed by atoms with E-state index in [2.05, 4.69) is 27.6 Å². The number of benzene rings is 1. The summed E-state index contributed by atoms with van der Waals surface area (Å²) in [5.74, 6) is -0.312. The van der Waals surface area contributed by atoms with E-state index in [1.54, 1.807) is 0 Å². The first kappa shape index (κ1) is 21.4. The third kappa shape index (κ3) is 6.07. The largest absolute Gasteiger partial charge is 0.361 e. The maximum Gasteiger partial charge on any atom is 0.242 e. The van der Waals surface area contributed by atoms with Crippen LogP contribution in [0.25, 0.3) is 10.9 Å². The highest BCUT2D eigenvalue weighted by molar-refractivity contribution is 5.89. The van der Waals surface area contributed by atoms with Crippen LogP contribution in [-0.2, 0) is 16.0 Å².